The van der Waals surface area contributed by atoms with Crippen molar-refractivity contribution in [1.29, 1.82) is 0 Å². The summed E-state index contributed by atoms with van der Waals surface area (Å²) in [5, 5.41) is 0. The van der Waals surface area contributed by atoms with E-state index in [2.05, 4.69) is 0 Å². The Hall–Kier alpha value is -2.54. The molecule has 0 bridgehead atoms. The first kappa shape index (κ1) is 27.1. The molecule has 3 rings (SSSR count). The van der Waals surface area contributed by atoms with Crippen LogP contribution in [0, 0.1) is 0 Å². The van der Waals surface area contributed by atoms with Crippen LogP contribution in [0.4, 0.5) is 5.69 Å². The maximum absolute atomic E-state index is 13.2. The molecule has 0 amide bonds. The molecule has 2 aromatic carbocycles. The van der Waals surface area contributed by atoms with E-state index in [1.54, 1.807) is 32.0 Å². The molecule has 194 valence electrons. The van der Waals surface area contributed by atoms with Gasteiger partial charge in [0, 0.05) is 45.3 Å². The van der Waals surface area contributed by atoms with Crippen LogP contribution in [0.5, 0.6) is 17.2 Å². The number of rotatable bonds is 10. The summed E-state index contributed by atoms with van der Waals surface area (Å²) in [6.45, 7) is 5.53. The Morgan fingerprint density at radius 3 is 1.83 bits per heavy atom. The molecule has 1 heterocycles. The van der Waals surface area contributed by atoms with E-state index in [1.807, 2.05) is 4.90 Å². The predicted molar refractivity (Wildman–Crippen MR) is 134 cm³/mol. The number of benzene rings is 2. The predicted octanol–water partition coefficient (Wildman–Crippen LogP) is 2.25. The van der Waals surface area contributed by atoms with Crippen molar-refractivity contribution in [2.45, 2.75) is 23.6 Å². The number of nitrogens with zero attached hydrogens (tertiary/aromatic N) is 3. The quantitative estimate of drug-likeness (QED) is 0.463. The second-order valence-corrected chi connectivity index (χ2v) is 11.7. The highest BCUT2D eigenvalue weighted by atomic mass is 32.2. The molecule has 1 saturated heterocycles. The van der Waals surface area contributed by atoms with Crippen LogP contribution >= 0.6 is 0 Å². The van der Waals surface area contributed by atoms with E-state index in [0.717, 1.165) is 0 Å². The number of methoxy groups -OCH3 is 3. The van der Waals surface area contributed by atoms with E-state index in [4.69, 9.17) is 14.2 Å². The van der Waals surface area contributed by atoms with Crippen LogP contribution in [0.1, 0.15) is 13.8 Å². The van der Waals surface area contributed by atoms with Gasteiger partial charge in [-0.05, 0) is 30.3 Å². The lowest BCUT2D eigenvalue weighted by molar-refractivity contribution is 0.352. The number of piperazine rings is 1. The third kappa shape index (κ3) is 5.35. The van der Waals surface area contributed by atoms with Gasteiger partial charge in [0.15, 0.2) is 11.5 Å². The summed E-state index contributed by atoms with van der Waals surface area (Å²) < 4.78 is 71.3. The Kier molecular flexibility index (Phi) is 8.52. The standard InChI is InChI=1S/C23H33N3O7S2/c1-6-25(7-2)34(27,28)18-8-10-21(31-3)20(16-18)24-12-14-26(15-13-24)35(29,30)19-9-11-22(32-4)23(17-19)33-5/h8-11,16-17H,6-7,12-15H2,1-5H3. The zero-order chi connectivity index (χ0) is 25.8. The number of hydrogen-bond acceptors (Lipinski definition) is 8. The summed E-state index contributed by atoms with van der Waals surface area (Å²) in [4.78, 5) is 2.24. The summed E-state index contributed by atoms with van der Waals surface area (Å²) in [6, 6.07) is 9.28. The molecule has 10 nitrogen and oxygen atoms in total. The Labute approximate surface area is 208 Å². The van der Waals surface area contributed by atoms with E-state index in [9.17, 15) is 16.8 Å². The van der Waals surface area contributed by atoms with Crippen molar-refractivity contribution in [2.24, 2.45) is 0 Å². The highest BCUT2D eigenvalue weighted by molar-refractivity contribution is 7.89. The van der Waals surface area contributed by atoms with Gasteiger partial charge in [-0.1, -0.05) is 13.8 Å². The zero-order valence-electron chi connectivity index (χ0n) is 20.7. The van der Waals surface area contributed by atoms with Crippen molar-refractivity contribution < 1.29 is 31.0 Å². The molecule has 1 aliphatic heterocycles. The van der Waals surface area contributed by atoms with Crippen molar-refractivity contribution in [2.75, 3.05) is 65.5 Å². The minimum Gasteiger partial charge on any atom is -0.495 e. The summed E-state index contributed by atoms with van der Waals surface area (Å²) in [7, 11) is -2.94. The Morgan fingerprint density at radius 2 is 1.29 bits per heavy atom. The topological polar surface area (TPSA) is 106 Å². The van der Waals surface area contributed by atoms with Crippen LogP contribution in [-0.4, -0.2) is 86.0 Å². The smallest absolute Gasteiger partial charge is 0.243 e. The van der Waals surface area contributed by atoms with Gasteiger partial charge in [-0.2, -0.15) is 8.61 Å². The van der Waals surface area contributed by atoms with Crippen LogP contribution in [-0.2, 0) is 20.0 Å². The average molecular weight is 528 g/mol. The lowest BCUT2D eigenvalue weighted by Crippen LogP contribution is -2.48. The molecule has 1 aliphatic rings. The number of ether oxygens (including phenoxy) is 3. The number of hydrogen-bond donors (Lipinski definition) is 0. The largest absolute Gasteiger partial charge is 0.495 e. The molecular weight excluding hydrogens is 494 g/mol. The van der Waals surface area contributed by atoms with Gasteiger partial charge >= 0.3 is 0 Å². The van der Waals surface area contributed by atoms with Gasteiger partial charge in [-0.3, -0.25) is 0 Å². The second-order valence-electron chi connectivity index (χ2n) is 7.83. The Bertz CT molecular complexity index is 1240. The summed E-state index contributed by atoms with van der Waals surface area (Å²) in [5.41, 5.74) is 0.615. The average Bonchev–Trinajstić information content (AvgIpc) is 2.88. The summed E-state index contributed by atoms with van der Waals surface area (Å²) in [6.07, 6.45) is 0. The van der Waals surface area contributed by atoms with Gasteiger partial charge in [0.2, 0.25) is 20.0 Å². The second kappa shape index (κ2) is 11.0. The molecule has 0 radical (unpaired) electrons. The normalized spacial score (nSPS) is 15.3. The molecule has 35 heavy (non-hydrogen) atoms. The fraction of sp³-hybridized carbons (Fsp3) is 0.478. The van der Waals surface area contributed by atoms with Gasteiger partial charge in [0.05, 0.1) is 36.8 Å². The van der Waals surface area contributed by atoms with E-state index >= 15 is 0 Å². The van der Waals surface area contributed by atoms with E-state index < -0.39 is 20.0 Å². The van der Waals surface area contributed by atoms with Crippen LogP contribution in [0.15, 0.2) is 46.2 Å². The van der Waals surface area contributed by atoms with Crippen molar-refractivity contribution >= 4 is 25.7 Å². The van der Waals surface area contributed by atoms with Gasteiger partial charge < -0.3 is 19.1 Å². The maximum atomic E-state index is 13.2. The lowest BCUT2D eigenvalue weighted by Gasteiger charge is -2.36. The first-order chi connectivity index (χ1) is 16.6. The fourth-order valence-electron chi connectivity index (χ4n) is 4.09. The molecule has 2 aromatic rings. The van der Waals surface area contributed by atoms with Crippen LogP contribution < -0.4 is 19.1 Å². The van der Waals surface area contributed by atoms with Crippen molar-refractivity contribution in [1.82, 2.24) is 8.61 Å². The summed E-state index contributed by atoms with van der Waals surface area (Å²) >= 11 is 0. The van der Waals surface area contributed by atoms with E-state index in [1.165, 1.54) is 48.1 Å². The van der Waals surface area contributed by atoms with Gasteiger partial charge in [-0.15, -0.1) is 0 Å². The van der Waals surface area contributed by atoms with Crippen molar-refractivity contribution in [3.63, 3.8) is 0 Å². The third-order valence-corrected chi connectivity index (χ3v) is 10.0. The van der Waals surface area contributed by atoms with Crippen molar-refractivity contribution in [3.8, 4) is 17.2 Å². The fourth-order valence-corrected chi connectivity index (χ4v) is 7.00. The van der Waals surface area contributed by atoms with Crippen molar-refractivity contribution in [3.05, 3.63) is 36.4 Å². The molecule has 1 fully saturated rings. The SMILES string of the molecule is CCN(CC)S(=O)(=O)c1ccc(OC)c(N2CCN(S(=O)(=O)c3ccc(OC)c(OC)c3)CC2)c1. The molecule has 12 heteroatoms. The minimum absolute atomic E-state index is 0.119. The molecule has 0 aliphatic carbocycles. The van der Waals surface area contributed by atoms with E-state index in [-0.39, 0.29) is 22.9 Å². The van der Waals surface area contributed by atoms with E-state index in [0.29, 0.717) is 49.1 Å². The highest BCUT2D eigenvalue weighted by Gasteiger charge is 2.31. The molecule has 0 aromatic heterocycles. The first-order valence-electron chi connectivity index (χ1n) is 11.3. The first-order valence-corrected chi connectivity index (χ1v) is 14.2. The number of sulfonamides is 2. The molecule has 0 N–H and O–H groups in total. The lowest BCUT2D eigenvalue weighted by atomic mass is 10.2. The monoisotopic (exact) mass is 527 g/mol. The molecule has 0 unspecified atom stereocenters. The Balaban J connectivity index is 1.84. The molecule has 0 spiro atoms. The highest BCUT2D eigenvalue weighted by Crippen LogP contribution is 2.34. The van der Waals surface area contributed by atoms with Gasteiger partial charge in [-0.25, -0.2) is 16.8 Å². The Morgan fingerprint density at radius 1 is 0.743 bits per heavy atom. The zero-order valence-corrected chi connectivity index (χ0v) is 22.4. The van der Waals surface area contributed by atoms with Crippen LogP contribution in [0.3, 0.4) is 0 Å². The maximum Gasteiger partial charge on any atom is 0.243 e. The number of anilines is 1. The van der Waals surface area contributed by atoms with Gasteiger partial charge in [0.25, 0.3) is 0 Å². The van der Waals surface area contributed by atoms with Crippen LogP contribution in [0.25, 0.3) is 0 Å². The van der Waals surface area contributed by atoms with Gasteiger partial charge in [0.1, 0.15) is 5.75 Å². The minimum atomic E-state index is -3.75. The van der Waals surface area contributed by atoms with Crippen LogP contribution in [0.2, 0.25) is 0 Å². The molecule has 0 atom stereocenters. The molecular formula is C23H33N3O7S2. The third-order valence-electron chi connectivity index (χ3n) is 6.07. The molecule has 0 saturated carbocycles. The summed E-state index contributed by atoms with van der Waals surface area (Å²) in [5.74, 6) is 1.31.